The number of rotatable bonds is 3. The predicted molar refractivity (Wildman–Crippen MR) is 65.7 cm³/mol. The van der Waals surface area contributed by atoms with E-state index in [1.165, 1.54) is 24.3 Å². The van der Waals surface area contributed by atoms with Gasteiger partial charge in [-0.3, -0.25) is 4.79 Å². The third kappa shape index (κ3) is 2.59. The summed E-state index contributed by atoms with van der Waals surface area (Å²) in [5, 5.41) is 17.7. The number of hydrogen-bond acceptors (Lipinski definition) is 4. The molecule has 1 atom stereocenters. The van der Waals surface area contributed by atoms with Gasteiger partial charge in [0, 0.05) is 13.1 Å². The Kier molecular flexibility index (Phi) is 3.55. The van der Waals surface area contributed by atoms with Crippen molar-refractivity contribution in [2.24, 2.45) is 5.92 Å². The van der Waals surface area contributed by atoms with E-state index in [-0.39, 0.29) is 23.5 Å². The van der Waals surface area contributed by atoms with Crippen LogP contribution in [0.15, 0.2) is 29.2 Å². The normalized spacial score (nSPS) is 20.1. The van der Waals surface area contributed by atoms with Crippen molar-refractivity contribution in [2.75, 3.05) is 13.1 Å². The average Bonchev–Trinajstić information content (AvgIpc) is 2.89. The highest BCUT2D eigenvalue weighted by atomic mass is 32.2. The molecule has 1 aliphatic heterocycles. The Labute approximate surface area is 110 Å². The maximum atomic E-state index is 12.3. The van der Waals surface area contributed by atoms with E-state index in [0.717, 1.165) is 4.31 Å². The molecule has 1 aliphatic rings. The van der Waals surface area contributed by atoms with Crippen LogP contribution in [0, 0.1) is 17.2 Å². The van der Waals surface area contributed by atoms with Gasteiger partial charge in [0.1, 0.15) is 0 Å². The van der Waals surface area contributed by atoms with Crippen LogP contribution in [0.4, 0.5) is 0 Å². The minimum Gasteiger partial charge on any atom is -0.481 e. The maximum Gasteiger partial charge on any atom is 0.307 e. The minimum absolute atomic E-state index is 0.0194. The van der Waals surface area contributed by atoms with Gasteiger partial charge >= 0.3 is 5.97 Å². The molecule has 0 aliphatic carbocycles. The van der Waals surface area contributed by atoms with Crippen LogP contribution in [-0.4, -0.2) is 36.9 Å². The first-order chi connectivity index (χ1) is 8.95. The van der Waals surface area contributed by atoms with Gasteiger partial charge in [-0.1, -0.05) is 6.07 Å². The fourth-order valence-electron chi connectivity index (χ4n) is 2.02. The first kappa shape index (κ1) is 13.5. The van der Waals surface area contributed by atoms with E-state index in [0.29, 0.717) is 6.42 Å². The Hall–Kier alpha value is -1.91. The molecule has 0 saturated carbocycles. The van der Waals surface area contributed by atoms with Gasteiger partial charge in [-0.15, -0.1) is 0 Å². The fourth-order valence-corrected chi connectivity index (χ4v) is 3.57. The number of nitriles is 1. The van der Waals surface area contributed by atoms with Crippen LogP contribution in [0.3, 0.4) is 0 Å². The summed E-state index contributed by atoms with van der Waals surface area (Å²) >= 11 is 0. The van der Waals surface area contributed by atoms with Crippen LogP contribution in [0.25, 0.3) is 0 Å². The smallest absolute Gasteiger partial charge is 0.307 e. The second-order valence-electron chi connectivity index (χ2n) is 4.33. The zero-order chi connectivity index (χ0) is 14.0. The Morgan fingerprint density at radius 2 is 2.21 bits per heavy atom. The van der Waals surface area contributed by atoms with Crippen LogP contribution in [0.2, 0.25) is 0 Å². The molecule has 1 unspecified atom stereocenters. The van der Waals surface area contributed by atoms with Gasteiger partial charge in [-0.2, -0.15) is 9.57 Å². The average molecular weight is 280 g/mol. The van der Waals surface area contributed by atoms with E-state index in [1.807, 2.05) is 6.07 Å². The van der Waals surface area contributed by atoms with E-state index in [1.54, 1.807) is 0 Å². The van der Waals surface area contributed by atoms with Crippen molar-refractivity contribution in [1.82, 2.24) is 4.31 Å². The summed E-state index contributed by atoms with van der Waals surface area (Å²) in [6.07, 6.45) is 0.312. The molecule has 0 aromatic heterocycles. The summed E-state index contributed by atoms with van der Waals surface area (Å²) in [7, 11) is -3.72. The highest BCUT2D eigenvalue weighted by Gasteiger charge is 2.35. The summed E-state index contributed by atoms with van der Waals surface area (Å²) in [5.41, 5.74) is 0.259. The van der Waals surface area contributed by atoms with E-state index in [4.69, 9.17) is 10.4 Å². The Bertz CT molecular complexity index is 648. The van der Waals surface area contributed by atoms with Gasteiger partial charge in [0.25, 0.3) is 0 Å². The van der Waals surface area contributed by atoms with Gasteiger partial charge in [0.15, 0.2) is 0 Å². The molecular formula is C12H12N2O4S. The number of nitrogens with zero attached hydrogens (tertiary/aromatic N) is 2. The van der Waals surface area contributed by atoms with E-state index >= 15 is 0 Å². The molecule has 1 saturated heterocycles. The lowest BCUT2D eigenvalue weighted by Crippen LogP contribution is -2.30. The Balaban J connectivity index is 2.29. The molecule has 7 heteroatoms. The van der Waals surface area contributed by atoms with Crippen molar-refractivity contribution in [3.8, 4) is 6.07 Å². The lowest BCUT2D eigenvalue weighted by Gasteiger charge is -2.15. The molecule has 0 amide bonds. The second kappa shape index (κ2) is 4.99. The van der Waals surface area contributed by atoms with E-state index < -0.39 is 21.9 Å². The van der Waals surface area contributed by atoms with Crippen molar-refractivity contribution in [1.29, 1.82) is 5.26 Å². The largest absolute Gasteiger partial charge is 0.481 e. The second-order valence-corrected chi connectivity index (χ2v) is 6.26. The standard InChI is InChI=1S/C12H12N2O4S/c13-7-9-2-1-3-11(6-9)19(17,18)14-5-4-10(8-14)12(15)16/h1-3,6,10H,4-5,8H2,(H,15,16). The molecular weight excluding hydrogens is 268 g/mol. The molecule has 1 aromatic carbocycles. The Morgan fingerprint density at radius 3 is 2.79 bits per heavy atom. The van der Waals surface area contributed by atoms with Gasteiger partial charge in [0.05, 0.1) is 22.4 Å². The molecule has 0 radical (unpaired) electrons. The number of hydrogen-bond donors (Lipinski definition) is 1. The Morgan fingerprint density at radius 1 is 1.47 bits per heavy atom. The summed E-state index contributed by atoms with van der Waals surface area (Å²) in [4.78, 5) is 10.9. The predicted octanol–water partition coefficient (Wildman–Crippen LogP) is 0.653. The number of sulfonamides is 1. The SMILES string of the molecule is N#Cc1cccc(S(=O)(=O)N2CCC(C(=O)O)C2)c1. The van der Waals surface area contributed by atoms with Gasteiger partial charge < -0.3 is 5.11 Å². The number of aliphatic carboxylic acids is 1. The van der Waals surface area contributed by atoms with E-state index in [2.05, 4.69) is 0 Å². The van der Waals surface area contributed by atoms with Crippen LogP contribution >= 0.6 is 0 Å². The molecule has 1 fully saturated rings. The molecule has 100 valence electrons. The summed E-state index contributed by atoms with van der Waals surface area (Å²) in [6, 6.07) is 7.60. The summed E-state index contributed by atoms with van der Waals surface area (Å²) in [5.74, 6) is -1.64. The zero-order valence-corrected chi connectivity index (χ0v) is 10.8. The number of carboxylic acid groups (broad SMARTS) is 1. The van der Waals surface area contributed by atoms with Crippen molar-refractivity contribution in [2.45, 2.75) is 11.3 Å². The first-order valence-corrected chi connectivity index (χ1v) is 7.12. The number of benzene rings is 1. The van der Waals surface area contributed by atoms with Gasteiger partial charge in [-0.05, 0) is 24.6 Å². The summed E-state index contributed by atoms with van der Waals surface area (Å²) in [6.45, 7) is 0.171. The monoisotopic (exact) mass is 280 g/mol. The highest BCUT2D eigenvalue weighted by molar-refractivity contribution is 7.89. The van der Waals surface area contributed by atoms with Crippen molar-refractivity contribution in [3.05, 3.63) is 29.8 Å². The molecule has 6 nitrogen and oxygen atoms in total. The molecule has 2 rings (SSSR count). The quantitative estimate of drug-likeness (QED) is 0.876. The molecule has 1 N–H and O–H groups in total. The van der Waals surface area contributed by atoms with Crippen LogP contribution < -0.4 is 0 Å². The molecule has 1 heterocycles. The third-order valence-electron chi connectivity index (χ3n) is 3.10. The lowest BCUT2D eigenvalue weighted by atomic mass is 10.1. The van der Waals surface area contributed by atoms with Crippen LogP contribution in [0.5, 0.6) is 0 Å². The first-order valence-electron chi connectivity index (χ1n) is 5.68. The maximum absolute atomic E-state index is 12.3. The van der Waals surface area contributed by atoms with Crippen molar-refractivity contribution in [3.63, 3.8) is 0 Å². The molecule has 1 aromatic rings. The molecule has 0 bridgehead atoms. The van der Waals surface area contributed by atoms with Crippen molar-refractivity contribution < 1.29 is 18.3 Å². The third-order valence-corrected chi connectivity index (χ3v) is 4.96. The lowest BCUT2D eigenvalue weighted by molar-refractivity contribution is -0.141. The highest BCUT2D eigenvalue weighted by Crippen LogP contribution is 2.24. The zero-order valence-electron chi connectivity index (χ0n) is 9.98. The van der Waals surface area contributed by atoms with E-state index in [9.17, 15) is 13.2 Å². The number of carbonyl (C=O) groups is 1. The minimum atomic E-state index is -3.72. The van der Waals surface area contributed by atoms with Crippen molar-refractivity contribution >= 4 is 16.0 Å². The molecule has 0 spiro atoms. The van der Waals surface area contributed by atoms with Gasteiger partial charge in [0.2, 0.25) is 10.0 Å². The van der Waals surface area contributed by atoms with Gasteiger partial charge in [-0.25, -0.2) is 8.42 Å². The molecule has 19 heavy (non-hydrogen) atoms. The fraction of sp³-hybridized carbons (Fsp3) is 0.333. The van der Waals surface area contributed by atoms with Crippen LogP contribution in [-0.2, 0) is 14.8 Å². The van der Waals surface area contributed by atoms with Crippen LogP contribution in [0.1, 0.15) is 12.0 Å². The topological polar surface area (TPSA) is 98.5 Å². The summed E-state index contributed by atoms with van der Waals surface area (Å²) < 4.78 is 25.7. The number of carboxylic acids is 1.